The second kappa shape index (κ2) is 6.16. The van der Waals surface area contributed by atoms with E-state index in [1.165, 1.54) is 0 Å². The number of alkyl carbamates (subject to hydrolysis) is 1. The number of amides is 1. The average molecular weight is 316 g/mol. The van der Waals surface area contributed by atoms with Gasteiger partial charge in [-0.2, -0.15) is 0 Å². The van der Waals surface area contributed by atoms with Gasteiger partial charge in [-0.3, -0.25) is 4.98 Å². The van der Waals surface area contributed by atoms with E-state index < -0.39 is 6.09 Å². The Balaban J connectivity index is 1.71. The van der Waals surface area contributed by atoms with E-state index in [4.69, 9.17) is 4.74 Å². The SMILES string of the molecule is O=C1N[C@@H](c2cccc(-c3ccccc3)c2)[C@H](c2cccnc2)O1. The fraction of sp³-hybridized carbons (Fsp3) is 0.100. The summed E-state index contributed by atoms with van der Waals surface area (Å²) in [5.41, 5.74) is 4.14. The third-order valence-electron chi connectivity index (χ3n) is 4.18. The van der Waals surface area contributed by atoms with Crippen LogP contribution >= 0.6 is 0 Å². The monoisotopic (exact) mass is 316 g/mol. The Bertz CT molecular complexity index is 850. The first-order chi connectivity index (χ1) is 11.8. The van der Waals surface area contributed by atoms with Crippen LogP contribution in [0.3, 0.4) is 0 Å². The quantitative estimate of drug-likeness (QED) is 0.785. The molecule has 0 radical (unpaired) electrons. The number of cyclic esters (lactones) is 1. The van der Waals surface area contributed by atoms with Crippen molar-refractivity contribution < 1.29 is 9.53 Å². The van der Waals surface area contributed by atoms with E-state index in [1.54, 1.807) is 12.4 Å². The van der Waals surface area contributed by atoms with Crippen LogP contribution in [0.5, 0.6) is 0 Å². The van der Waals surface area contributed by atoms with Crippen LogP contribution in [-0.2, 0) is 4.74 Å². The minimum Gasteiger partial charge on any atom is -0.439 e. The molecule has 3 aromatic rings. The molecule has 0 unspecified atom stereocenters. The molecule has 2 aromatic carbocycles. The second-order valence-corrected chi connectivity index (χ2v) is 5.73. The third-order valence-corrected chi connectivity index (χ3v) is 4.18. The Labute approximate surface area is 140 Å². The number of hydrogen-bond acceptors (Lipinski definition) is 3. The number of nitrogens with zero attached hydrogens (tertiary/aromatic N) is 1. The van der Waals surface area contributed by atoms with Crippen molar-refractivity contribution in [3.8, 4) is 11.1 Å². The lowest BCUT2D eigenvalue weighted by molar-refractivity contribution is 0.132. The maximum atomic E-state index is 11.8. The first-order valence-electron chi connectivity index (χ1n) is 7.84. The predicted octanol–water partition coefficient (Wildman–Crippen LogP) is 4.27. The molecule has 0 spiro atoms. The number of ether oxygens (including phenoxy) is 1. The van der Waals surface area contributed by atoms with Crippen molar-refractivity contribution in [1.82, 2.24) is 10.3 Å². The van der Waals surface area contributed by atoms with Crippen LogP contribution in [0.1, 0.15) is 23.3 Å². The molecular formula is C20H16N2O2. The molecule has 4 nitrogen and oxygen atoms in total. The maximum absolute atomic E-state index is 11.8. The van der Waals surface area contributed by atoms with E-state index in [9.17, 15) is 4.79 Å². The largest absolute Gasteiger partial charge is 0.439 e. The number of pyridine rings is 1. The molecule has 1 aliphatic rings. The van der Waals surface area contributed by atoms with Gasteiger partial charge in [-0.1, -0.05) is 54.6 Å². The molecule has 1 saturated heterocycles. The normalized spacial score (nSPS) is 19.6. The lowest BCUT2D eigenvalue weighted by Gasteiger charge is -2.18. The van der Waals surface area contributed by atoms with Crippen LogP contribution in [0, 0.1) is 0 Å². The molecule has 4 rings (SSSR count). The molecule has 1 aliphatic heterocycles. The Morgan fingerprint density at radius 2 is 1.67 bits per heavy atom. The minimum atomic E-state index is -0.404. The van der Waals surface area contributed by atoms with Gasteiger partial charge in [0.2, 0.25) is 0 Å². The molecular weight excluding hydrogens is 300 g/mol. The summed E-state index contributed by atoms with van der Waals surface area (Å²) in [4.78, 5) is 15.9. The highest BCUT2D eigenvalue weighted by Gasteiger charge is 2.36. The molecule has 2 atom stereocenters. The summed E-state index contributed by atoms with van der Waals surface area (Å²) in [5, 5.41) is 2.91. The predicted molar refractivity (Wildman–Crippen MR) is 91.2 cm³/mol. The van der Waals surface area contributed by atoms with Gasteiger partial charge in [0.25, 0.3) is 0 Å². The van der Waals surface area contributed by atoms with Gasteiger partial charge in [0.15, 0.2) is 6.10 Å². The zero-order valence-electron chi connectivity index (χ0n) is 12.9. The summed E-state index contributed by atoms with van der Waals surface area (Å²) in [5.74, 6) is 0. The van der Waals surface area contributed by atoms with Gasteiger partial charge in [0.1, 0.15) is 0 Å². The van der Waals surface area contributed by atoms with Gasteiger partial charge < -0.3 is 10.1 Å². The first kappa shape index (κ1) is 14.5. The highest BCUT2D eigenvalue weighted by molar-refractivity contribution is 5.72. The number of aromatic nitrogens is 1. The van der Waals surface area contributed by atoms with Crippen LogP contribution in [-0.4, -0.2) is 11.1 Å². The molecule has 1 N–H and O–H groups in total. The molecule has 1 aromatic heterocycles. The van der Waals surface area contributed by atoms with Crippen molar-refractivity contribution in [2.24, 2.45) is 0 Å². The van der Waals surface area contributed by atoms with E-state index in [1.807, 2.05) is 42.5 Å². The molecule has 2 heterocycles. The summed E-state index contributed by atoms with van der Waals surface area (Å²) in [6.07, 6.45) is 2.66. The maximum Gasteiger partial charge on any atom is 0.408 e. The van der Waals surface area contributed by atoms with Crippen LogP contribution in [0.2, 0.25) is 0 Å². The summed E-state index contributed by atoms with van der Waals surface area (Å²) in [6.45, 7) is 0. The molecule has 118 valence electrons. The summed E-state index contributed by atoms with van der Waals surface area (Å²) >= 11 is 0. The van der Waals surface area contributed by atoms with Crippen LogP contribution in [0.15, 0.2) is 79.1 Å². The smallest absolute Gasteiger partial charge is 0.408 e. The number of carbonyl (C=O) groups is 1. The molecule has 24 heavy (non-hydrogen) atoms. The Morgan fingerprint density at radius 1 is 0.875 bits per heavy atom. The second-order valence-electron chi connectivity index (χ2n) is 5.73. The number of nitrogens with one attached hydrogen (secondary N) is 1. The Kier molecular flexibility index (Phi) is 3.71. The van der Waals surface area contributed by atoms with E-state index in [2.05, 4.69) is 34.6 Å². The van der Waals surface area contributed by atoms with Crippen LogP contribution < -0.4 is 5.32 Å². The fourth-order valence-corrected chi connectivity index (χ4v) is 3.03. The Hall–Kier alpha value is -3.14. The van der Waals surface area contributed by atoms with Gasteiger partial charge in [0, 0.05) is 18.0 Å². The number of hydrogen-bond donors (Lipinski definition) is 1. The Morgan fingerprint density at radius 3 is 2.46 bits per heavy atom. The molecule has 0 bridgehead atoms. The summed E-state index contributed by atoms with van der Waals surface area (Å²) in [7, 11) is 0. The van der Waals surface area contributed by atoms with E-state index in [0.717, 1.165) is 22.3 Å². The zero-order valence-corrected chi connectivity index (χ0v) is 12.9. The number of benzene rings is 2. The molecule has 4 heteroatoms. The van der Waals surface area contributed by atoms with Crippen molar-refractivity contribution >= 4 is 6.09 Å². The standard InChI is InChI=1S/C20H16N2O2/c23-20-22-18(19(24-20)17-10-5-11-21-13-17)16-9-4-8-15(12-16)14-6-2-1-3-7-14/h1-13,18-19H,(H,22,23)/t18-,19-/m0/s1. The zero-order chi connectivity index (χ0) is 16.4. The van der Waals surface area contributed by atoms with Crippen LogP contribution in [0.4, 0.5) is 4.79 Å². The summed E-state index contributed by atoms with van der Waals surface area (Å²) in [6, 6.07) is 21.9. The summed E-state index contributed by atoms with van der Waals surface area (Å²) < 4.78 is 5.47. The minimum absolute atomic E-state index is 0.231. The number of rotatable bonds is 3. The van der Waals surface area contributed by atoms with Crippen LogP contribution in [0.25, 0.3) is 11.1 Å². The first-order valence-corrected chi connectivity index (χ1v) is 7.84. The van der Waals surface area contributed by atoms with E-state index in [-0.39, 0.29) is 12.1 Å². The van der Waals surface area contributed by atoms with Crippen molar-refractivity contribution in [3.05, 3.63) is 90.3 Å². The highest BCUT2D eigenvalue weighted by atomic mass is 16.6. The van der Waals surface area contributed by atoms with Gasteiger partial charge in [-0.25, -0.2) is 4.79 Å². The number of carbonyl (C=O) groups excluding carboxylic acids is 1. The molecule has 0 aliphatic carbocycles. The molecule has 0 saturated carbocycles. The van der Waals surface area contributed by atoms with Crippen molar-refractivity contribution in [1.29, 1.82) is 0 Å². The lowest BCUT2D eigenvalue weighted by Crippen LogP contribution is -2.19. The lowest BCUT2D eigenvalue weighted by atomic mass is 9.94. The van der Waals surface area contributed by atoms with Gasteiger partial charge in [0.05, 0.1) is 6.04 Å². The van der Waals surface area contributed by atoms with Crippen molar-refractivity contribution in [3.63, 3.8) is 0 Å². The van der Waals surface area contributed by atoms with E-state index in [0.29, 0.717) is 0 Å². The van der Waals surface area contributed by atoms with Crippen molar-refractivity contribution in [2.75, 3.05) is 0 Å². The van der Waals surface area contributed by atoms with E-state index >= 15 is 0 Å². The van der Waals surface area contributed by atoms with Gasteiger partial charge in [-0.05, 0) is 28.8 Å². The fourth-order valence-electron chi connectivity index (χ4n) is 3.03. The topological polar surface area (TPSA) is 51.2 Å². The highest BCUT2D eigenvalue weighted by Crippen LogP contribution is 2.37. The average Bonchev–Trinajstić information content (AvgIpc) is 3.05. The third kappa shape index (κ3) is 2.74. The van der Waals surface area contributed by atoms with Crippen molar-refractivity contribution in [2.45, 2.75) is 12.1 Å². The van der Waals surface area contributed by atoms with Gasteiger partial charge in [-0.15, -0.1) is 0 Å². The molecule has 1 amide bonds. The molecule has 1 fully saturated rings. The van der Waals surface area contributed by atoms with Gasteiger partial charge >= 0.3 is 6.09 Å².